The number of halogens is 1. The minimum absolute atomic E-state index is 0.0320. The van der Waals surface area contributed by atoms with Crippen molar-refractivity contribution in [3.63, 3.8) is 0 Å². The summed E-state index contributed by atoms with van der Waals surface area (Å²) in [6.45, 7) is 7.81. The van der Waals surface area contributed by atoms with E-state index in [9.17, 15) is 9.59 Å². The van der Waals surface area contributed by atoms with Gasteiger partial charge in [-0.05, 0) is 85.8 Å². The van der Waals surface area contributed by atoms with Gasteiger partial charge >= 0.3 is 5.97 Å². The van der Waals surface area contributed by atoms with E-state index in [0.29, 0.717) is 10.7 Å². The van der Waals surface area contributed by atoms with E-state index in [2.05, 4.69) is 32.3 Å². The summed E-state index contributed by atoms with van der Waals surface area (Å²) in [6, 6.07) is 5.71. The molecule has 1 heterocycles. The van der Waals surface area contributed by atoms with Crippen molar-refractivity contribution in [2.45, 2.75) is 39.8 Å². The number of carbonyl (C=O) groups is 2. The second kappa shape index (κ2) is 9.59. The van der Waals surface area contributed by atoms with E-state index in [1.165, 1.54) is 18.9 Å². The Bertz CT molecular complexity index is 790. The molecule has 0 aliphatic carbocycles. The van der Waals surface area contributed by atoms with Gasteiger partial charge < -0.3 is 9.47 Å². The molecular formula is C19H23IN2O4S. The van der Waals surface area contributed by atoms with Gasteiger partial charge in [0.05, 0.1) is 15.6 Å². The van der Waals surface area contributed by atoms with E-state index in [-0.39, 0.29) is 24.6 Å². The summed E-state index contributed by atoms with van der Waals surface area (Å²) in [5.41, 5.74) is 0.884. The lowest BCUT2D eigenvalue weighted by molar-refractivity contribution is -0.142. The Hall–Kier alpha value is -1.55. The predicted octanol–water partition coefficient (Wildman–Crippen LogP) is 3.93. The highest BCUT2D eigenvalue weighted by molar-refractivity contribution is 14.1. The summed E-state index contributed by atoms with van der Waals surface area (Å²) < 4.78 is 10.9. The predicted molar refractivity (Wildman–Crippen MR) is 117 cm³/mol. The SMILES string of the molecule is COC(=O)COc1ccc(/C=C2/SC(=NC(C)C)N(C(C)C)C2=O)cc1I. The number of esters is 1. The van der Waals surface area contributed by atoms with Crippen LogP contribution in [-0.4, -0.2) is 47.7 Å². The molecule has 1 aliphatic rings. The number of aliphatic imine (C=N–C) groups is 1. The Kier molecular flexibility index (Phi) is 7.72. The van der Waals surface area contributed by atoms with E-state index in [4.69, 9.17) is 4.74 Å². The van der Waals surface area contributed by atoms with E-state index in [0.717, 1.165) is 14.3 Å². The quantitative estimate of drug-likeness (QED) is 0.335. The van der Waals surface area contributed by atoms with Crippen LogP contribution in [0.5, 0.6) is 5.75 Å². The van der Waals surface area contributed by atoms with Crippen LogP contribution in [0.15, 0.2) is 28.1 Å². The molecule has 146 valence electrons. The topological polar surface area (TPSA) is 68.2 Å². The Morgan fingerprint density at radius 1 is 1.33 bits per heavy atom. The molecule has 1 aliphatic heterocycles. The van der Waals surface area contributed by atoms with Gasteiger partial charge in [-0.25, -0.2) is 4.79 Å². The minimum atomic E-state index is -0.435. The molecule has 8 heteroatoms. The molecule has 0 N–H and O–H groups in total. The maximum Gasteiger partial charge on any atom is 0.343 e. The second-order valence-corrected chi connectivity index (χ2v) is 8.61. The smallest absolute Gasteiger partial charge is 0.343 e. The van der Waals surface area contributed by atoms with Crippen LogP contribution in [0.1, 0.15) is 33.3 Å². The molecule has 0 aromatic heterocycles. The van der Waals surface area contributed by atoms with Crippen molar-refractivity contribution in [2.75, 3.05) is 13.7 Å². The zero-order valence-corrected chi connectivity index (χ0v) is 19.0. The molecule has 27 heavy (non-hydrogen) atoms. The van der Waals surface area contributed by atoms with Crippen LogP contribution in [0.3, 0.4) is 0 Å². The number of carbonyl (C=O) groups excluding carboxylic acids is 2. The average Bonchev–Trinajstić information content (AvgIpc) is 2.88. The first-order valence-electron chi connectivity index (χ1n) is 8.53. The van der Waals surface area contributed by atoms with Crippen LogP contribution >= 0.6 is 34.4 Å². The maximum atomic E-state index is 12.8. The first-order valence-corrected chi connectivity index (χ1v) is 10.4. The number of thioether (sulfide) groups is 1. The number of ether oxygens (including phenoxy) is 2. The van der Waals surface area contributed by atoms with E-state index in [1.54, 1.807) is 11.0 Å². The highest BCUT2D eigenvalue weighted by Gasteiger charge is 2.35. The summed E-state index contributed by atoms with van der Waals surface area (Å²) in [4.78, 5) is 30.9. The average molecular weight is 502 g/mol. The van der Waals surface area contributed by atoms with Gasteiger partial charge in [-0.3, -0.25) is 14.7 Å². The summed E-state index contributed by atoms with van der Waals surface area (Å²) in [5.74, 6) is 0.130. The number of nitrogens with zero attached hydrogens (tertiary/aromatic N) is 2. The highest BCUT2D eigenvalue weighted by Crippen LogP contribution is 2.35. The molecule has 0 saturated carbocycles. The molecular weight excluding hydrogens is 479 g/mol. The van der Waals surface area contributed by atoms with Crippen molar-refractivity contribution in [1.29, 1.82) is 0 Å². The van der Waals surface area contributed by atoms with Crippen molar-refractivity contribution in [3.8, 4) is 5.75 Å². The van der Waals surface area contributed by atoms with Gasteiger partial charge in [-0.1, -0.05) is 6.07 Å². The number of benzene rings is 1. The third-order valence-corrected chi connectivity index (χ3v) is 5.39. The molecule has 0 unspecified atom stereocenters. The number of rotatable bonds is 6. The summed E-state index contributed by atoms with van der Waals surface area (Å²) in [5, 5.41) is 0.740. The fourth-order valence-electron chi connectivity index (χ4n) is 2.32. The molecule has 0 spiro atoms. The normalized spacial score (nSPS) is 17.5. The fourth-order valence-corrected chi connectivity index (χ4v) is 4.25. The molecule has 1 amide bonds. The van der Waals surface area contributed by atoms with Crippen LogP contribution in [0.25, 0.3) is 6.08 Å². The largest absolute Gasteiger partial charge is 0.481 e. The molecule has 1 aromatic rings. The number of amides is 1. The van der Waals surface area contributed by atoms with Gasteiger partial charge in [0, 0.05) is 12.1 Å². The Balaban J connectivity index is 2.24. The van der Waals surface area contributed by atoms with Gasteiger partial charge in [0.15, 0.2) is 11.8 Å². The number of methoxy groups -OCH3 is 1. The molecule has 6 nitrogen and oxygen atoms in total. The lowest BCUT2D eigenvalue weighted by Crippen LogP contribution is -2.35. The first kappa shape index (κ1) is 21.7. The molecule has 1 aromatic carbocycles. The van der Waals surface area contributed by atoms with Crippen LogP contribution < -0.4 is 4.74 Å². The monoisotopic (exact) mass is 502 g/mol. The molecule has 0 radical (unpaired) electrons. The van der Waals surface area contributed by atoms with Crippen molar-refractivity contribution in [3.05, 3.63) is 32.2 Å². The summed E-state index contributed by atoms with van der Waals surface area (Å²) >= 11 is 3.54. The van der Waals surface area contributed by atoms with Gasteiger partial charge in [-0.2, -0.15) is 0 Å². The van der Waals surface area contributed by atoms with Crippen LogP contribution in [0, 0.1) is 3.57 Å². The van der Waals surface area contributed by atoms with Crippen LogP contribution in [0.4, 0.5) is 0 Å². The summed E-state index contributed by atoms with van der Waals surface area (Å²) in [6.07, 6.45) is 1.86. The number of amidine groups is 1. The molecule has 1 saturated heterocycles. The third kappa shape index (κ3) is 5.71. The Morgan fingerprint density at radius 2 is 2.04 bits per heavy atom. The van der Waals surface area contributed by atoms with Gasteiger partial charge in [0.1, 0.15) is 5.75 Å². The van der Waals surface area contributed by atoms with E-state index >= 15 is 0 Å². The first-order chi connectivity index (χ1) is 12.7. The maximum absolute atomic E-state index is 12.8. The minimum Gasteiger partial charge on any atom is -0.481 e. The zero-order chi connectivity index (χ0) is 20.1. The number of hydrogen-bond donors (Lipinski definition) is 0. The molecule has 2 rings (SSSR count). The van der Waals surface area contributed by atoms with Crippen LogP contribution in [-0.2, 0) is 14.3 Å². The van der Waals surface area contributed by atoms with Crippen molar-refractivity contribution >= 4 is 57.5 Å². The van der Waals surface area contributed by atoms with Gasteiger partial charge in [0.2, 0.25) is 0 Å². The van der Waals surface area contributed by atoms with E-state index in [1.807, 2.05) is 45.9 Å². The highest BCUT2D eigenvalue weighted by atomic mass is 127. The van der Waals surface area contributed by atoms with Crippen molar-refractivity contribution in [2.24, 2.45) is 4.99 Å². The van der Waals surface area contributed by atoms with Crippen molar-refractivity contribution < 1.29 is 19.1 Å². The Morgan fingerprint density at radius 3 is 2.59 bits per heavy atom. The molecule has 1 fully saturated rings. The number of hydrogen-bond acceptors (Lipinski definition) is 6. The third-order valence-electron chi connectivity index (χ3n) is 3.55. The van der Waals surface area contributed by atoms with E-state index < -0.39 is 5.97 Å². The lowest BCUT2D eigenvalue weighted by Gasteiger charge is -2.20. The molecule has 0 bridgehead atoms. The van der Waals surface area contributed by atoms with Gasteiger partial charge in [0.25, 0.3) is 5.91 Å². The standard InChI is InChI=1S/C19H23IN2O4S/c1-11(2)21-19-22(12(3)4)18(24)16(27-19)9-13-6-7-15(14(20)8-13)26-10-17(23)25-5/h6-9,11-12H,10H2,1-5H3/b16-9+,21-19?. The fraction of sp³-hybridized carbons (Fsp3) is 0.421. The lowest BCUT2D eigenvalue weighted by atomic mass is 10.2. The Labute approximate surface area is 177 Å². The molecule has 0 atom stereocenters. The van der Waals surface area contributed by atoms with Crippen molar-refractivity contribution in [1.82, 2.24) is 4.90 Å². The second-order valence-electron chi connectivity index (χ2n) is 6.44. The zero-order valence-electron chi connectivity index (χ0n) is 16.0. The van der Waals surface area contributed by atoms with Gasteiger partial charge in [-0.15, -0.1) is 0 Å². The van der Waals surface area contributed by atoms with Crippen LogP contribution in [0.2, 0.25) is 0 Å². The summed E-state index contributed by atoms with van der Waals surface area (Å²) in [7, 11) is 1.32.